The van der Waals surface area contributed by atoms with Gasteiger partial charge in [-0.2, -0.15) is 0 Å². The minimum Gasteiger partial charge on any atom is -0.497 e. The Bertz CT molecular complexity index is 588. The smallest absolute Gasteiger partial charge is 0.293 e. The molecule has 0 spiro atoms. The topological polar surface area (TPSA) is 116 Å². The number of nitro benzene ring substituents is 1. The van der Waals surface area contributed by atoms with Crippen molar-refractivity contribution >= 4 is 15.7 Å². The van der Waals surface area contributed by atoms with Crippen molar-refractivity contribution in [1.29, 1.82) is 0 Å². The van der Waals surface area contributed by atoms with Crippen molar-refractivity contribution in [3.8, 4) is 5.75 Å². The van der Waals surface area contributed by atoms with E-state index in [0.717, 1.165) is 10.4 Å². The third-order valence-corrected chi connectivity index (χ3v) is 4.63. The number of hydrogen-bond donors (Lipinski definition) is 1. The van der Waals surface area contributed by atoms with E-state index in [4.69, 9.17) is 10.5 Å². The Morgan fingerprint density at radius 2 is 2.10 bits per heavy atom. The highest BCUT2D eigenvalue weighted by Crippen LogP contribution is 2.30. The predicted octanol–water partition coefficient (Wildman–Crippen LogP) is 0.573. The monoisotopic (exact) mass is 303 g/mol. The lowest BCUT2D eigenvalue weighted by Gasteiger charge is -2.16. The number of ether oxygens (including phenoxy) is 1. The van der Waals surface area contributed by atoms with Gasteiger partial charge in [0.05, 0.1) is 18.1 Å². The number of sulfonamides is 1. The summed E-state index contributed by atoms with van der Waals surface area (Å²) >= 11 is 0. The fourth-order valence-corrected chi connectivity index (χ4v) is 2.93. The van der Waals surface area contributed by atoms with Crippen molar-refractivity contribution in [2.45, 2.75) is 11.3 Å². The predicted molar refractivity (Wildman–Crippen MR) is 73.1 cm³/mol. The molecule has 1 rings (SSSR count). The first-order chi connectivity index (χ1) is 9.34. The molecular formula is C11H17N3O5S. The third kappa shape index (κ3) is 3.44. The molecule has 20 heavy (non-hydrogen) atoms. The van der Waals surface area contributed by atoms with Crippen LogP contribution in [0.3, 0.4) is 0 Å². The van der Waals surface area contributed by atoms with E-state index in [1.807, 2.05) is 0 Å². The molecular weight excluding hydrogens is 286 g/mol. The van der Waals surface area contributed by atoms with Crippen molar-refractivity contribution in [2.75, 3.05) is 27.2 Å². The van der Waals surface area contributed by atoms with Gasteiger partial charge in [-0.15, -0.1) is 0 Å². The summed E-state index contributed by atoms with van der Waals surface area (Å²) in [4.78, 5) is 9.92. The summed E-state index contributed by atoms with van der Waals surface area (Å²) in [5, 5.41) is 11.0. The van der Waals surface area contributed by atoms with Gasteiger partial charge in [-0.1, -0.05) is 0 Å². The van der Waals surface area contributed by atoms with Gasteiger partial charge in [0.15, 0.2) is 4.90 Å². The van der Waals surface area contributed by atoms with E-state index < -0.39 is 20.6 Å². The van der Waals surface area contributed by atoms with Crippen LogP contribution in [0.2, 0.25) is 0 Å². The average Bonchev–Trinajstić information content (AvgIpc) is 2.43. The normalized spacial score (nSPS) is 11.6. The van der Waals surface area contributed by atoms with Gasteiger partial charge in [0.1, 0.15) is 5.75 Å². The van der Waals surface area contributed by atoms with Crippen molar-refractivity contribution in [3.05, 3.63) is 28.3 Å². The first-order valence-corrected chi connectivity index (χ1v) is 7.27. The Labute approximate surface area is 117 Å². The zero-order chi connectivity index (χ0) is 15.3. The summed E-state index contributed by atoms with van der Waals surface area (Å²) in [6, 6.07) is 3.63. The number of benzene rings is 1. The summed E-state index contributed by atoms with van der Waals surface area (Å²) in [5.41, 5.74) is 4.82. The number of rotatable bonds is 7. The molecule has 0 amide bonds. The van der Waals surface area contributed by atoms with Gasteiger partial charge in [-0.3, -0.25) is 10.1 Å². The van der Waals surface area contributed by atoms with E-state index in [2.05, 4.69) is 0 Å². The minimum absolute atomic E-state index is 0.196. The number of nitrogens with zero attached hydrogens (tertiary/aromatic N) is 2. The molecule has 0 aliphatic rings. The first kappa shape index (κ1) is 16.3. The van der Waals surface area contributed by atoms with Crippen molar-refractivity contribution in [1.82, 2.24) is 4.31 Å². The van der Waals surface area contributed by atoms with Crippen LogP contribution in [-0.4, -0.2) is 44.9 Å². The summed E-state index contributed by atoms with van der Waals surface area (Å²) in [6.07, 6.45) is 0.472. The highest BCUT2D eigenvalue weighted by molar-refractivity contribution is 7.89. The Balaban J connectivity index is 3.27. The SMILES string of the molecule is COc1ccc(S(=O)(=O)N(C)CCCN)c([N+](=O)[O-])c1. The molecule has 0 radical (unpaired) electrons. The molecule has 0 saturated carbocycles. The summed E-state index contributed by atoms with van der Waals surface area (Å²) in [6.45, 7) is 0.534. The van der Waals surface area contributed by atoms with Crippen LogP contribution >= 0.6 is 0 Å². The zero-order valence-electron chi connectivity index (χ0n) is 11.3. The second kappa shape index (κ2) is 6.64. The van der Waals surface area contributed by atoms with Crippen LogP contribution in [0.5, 0.6) is 5.75 Å². The highest BCUT2D eigenvalue weighted by atomic mass is 32.2. The van der Waals surface area contributed by atoms with Gasteiger partial charge in [0, 0.05) is 13.6 Å². The fraction of sp³-hybridized carbons (Fsp3) is 0.455. The molecule has 0 aromatic heterocycles. The van der Waals surface area contributed by atoms with Gasteiger partial charge < -0.3 is 10.5 Å². The van der Waals surface area contributed by atoms with E-state index in [9.17, 15) is 18.5 Å². The molecule has 0 atom stereocenters. The van der Waals surface area contributed by atoms with Gasteiger partial charge in [0.2, 0.25) is 10.0 Å². The standard InChI is InChI=1S/C11H17N3O5S/c1-13(7-3-6-12)20(17,18)11-5-4-9(19-2)8-10(11)14(15)16/h4-5,8H,3,6-7,12H2,1-2H3. The van der Waals surface area contributed by atoms with E-state index >= 15 is 0 Å². The van der Waals surface area contributed by atoms with Crippen LogP contribution in [0.4, 0.5) is 5.69 Å². The second-order valence-electron chi connectivity index (χ2n) is 4.06. The van der Waals surface area contributed by atoms with Gasteiger partial charge in [-0.25, -0.2) is 12.7 Å². The Kier molecular flexibility index (Phi) is 5.43. The number of nitrogens with two attached hydrogens (primary N) is 1. The van der Waals surface area contributed by atoms with Crippen LogP contribution in [0.25, 0.3) is 0 Å². The molecule has 1 aromatic carbocycles. The van der Waals surface area contributed by atoms with Gasteiger partial charge >= 0.3 is 0 Å². The van der Waals surface area contributed by atoms with E-state index in [-0.39, 0.29) is 17.2 Å². The first-order valence-electron chi connectivity index (χ1n) is 5.83. The van der Waals surface area contributed by atoms with E-state index in [1.165, 1.54) is 26.3 Å². The maximum Gasteiger partial charge on any atom is 0.293 e. The number of nitro groups is 1. The largest absolute Gasteiger partial charge is 0.497 e. The quantitative estimate of drug-likeness (QED) is 0.581. The molecule has 2 N–H and O–H groups in total. The van der Waals surface area contributed by atoms with Crippen LogP contribution < -0.4 is 10.5 Å². The molecule has 112 valence electrons. The maximum absolute atomic E-state index is 12.3. The second-order valence-corrected chi connectivity index (χ2v) is 6.07. The molecule has 0 unspecified atom stereocenters. The van der Waals surface area contributed by atoms with Crippen LogP contribution in [-0.2, 0) is 10.0 Å². The highest BCUT2D eigenvalue weighted by Gasteiger charge is 2.29. The van der Waals surface area contributed by atoms with Crippen molar-refractivity contribution in [2.24, 2.45) is 5.73 Å². The lowest BCUT2D eigenvalue weighted by molar-refractivity contribution is -0.387. The molecule has 0 saturated heterocycles. The Hall–Kier alpha value is -1.71. The zero-order valence-corrected chi connectivity index (χ0v) is 12.1. The lowest BCUT2D eigenvalue weighted by Crippen LogP contribution is -2.29. The van der Waals surface area contributed by atoms with Crippen molar-refractivity contribution < 1.29 is 18.1 Å². The molecule has 8 nitrogen and oxygen atoms in total. The van der Waals surface area contributed by atoms with Crippen LogP contribution in [0.15, 0.2) is 23.1 Å². The van der Waals surface area contributed by atoms with Gasteiger partial charge in [-0.05, 0) is 25.1 Å². The van der Waals surface area contributed by atoms with E-state index in [1.54, 1.807) is 0 Å². The molecule has 0 bridgehead atoms. The Morgan fingerprint density at radius 3 is 2.60 bits per heavy atom. The van der Waals surface area contributed by atoms with Gasteiger partial charge in [0.25, 0.3) is 5.69 Å². The Morgan fingerprint density at radius 1 is 1.45 bits per heavy atom. The molecule has 0 heterocycles. The summed E-state index contributed by atoms with van der Waals surface area (Å²) in [5.74, 6) is 0.222. The number of methoxy groups -OCH3 is 1. The minimum atomic E-state index is -3.93. The molecule has 0 aliphatic carbocycles. The average molecular weight is 303 g/mol. The maximum atomic E-state index is 12.3. The molecule has 1 aromatic rings. The molecule has 0 fully saturated rings. The van der Waals surface area contributed by atoms with E-state index in [0.29, 0.717) is 13.0 Å². The molecule has 9 heteroatoms. The van der Waals surface area contributed by atoms with Crippen molar-refractivity contribution in [3.63, 3.8) is 0 Å². The van der Waals surface area contributed by atoms with Crippen LogP contribution in [0, 0.1) is 10.1 Å². The lowest BCUT2D eigenvalue weighted by atomic mass is 10.3. The van der Waals surface area contributed by atoms with Crippen LogP contribution in [0.1, 0.15) is 6.42 Å². The molecule has 0 aliphatic heterocycles. The summed E-state index contributed by atoms with van der Waals surface area (Å²) < 4.78 is 30.5. The fourth-order valence-electron chi connectivity index (χ4n) is 1.59. The third-order valence-electron chi connectivity index (χ3n) is 2.73. The summed E-state index contributed by atoms with van der Waals surface area (Å²) in [7, 11) is -1.22. The number of hydrogen-bond acceptors (Lipinski definition) is 6.